The van der Waals surface area contributed by atoms with Gasteiger partial charge in [0, 0.05) is 50.9 Å². The number of nitrogens with one attached hydrogen (secondary N) is 3. The molecule has 2 aromatic carbocycles. The van der Waals surface area contributed by atoms with Crippen molar-refractivity contribution >= 4 is 36.7 Å². The Morgan fingerprint density at radius 3 is 2.67 bits per heavy atom. The van der Waals surface area contributed by atoms with Gasteiger partial charge in [-0.25, -0.2) is 9.37 Å². The van der Waals surface area contributed by atoms with Gasteiger partial charge in [0.15, 0.2) is 8.32 Å². The van der Waals surface area contributed by atoms with Gasteiger partial charge in [0.2, 0.25) is 5.91 Å². The van der Waals surface area contributed by atoms with Crippen LogP contribution in [-0.4, -0.2) is 69.5 Å². The first-order valence-electron chi connectivity index (χ1n) is 16.0. The molecule has 14 heteroatoms. The van der Waals surface area contributed by atoms with Crippen molar-refractivity contribution in [3.63, 3.8) is 0 Å². The van der Waals surface area contributed by atoms with E-state index in [4.69, 9.17) is 6.42 Å². The largest absolute Gasteiger partial charge is 0.432 e. The second kappa shape index (κ2) is 16.3. The maximum atomic E-state index is 15.2. The summed E-state index contributed by atoms with van der Waals surface area (Å²) in [4.78, 5) is 56.3. The van der Waals surface area contributed by atoms with Gasteiger partial charge in [-0.05, 0) is 87.3 Å². The zero-order valence-corrected chi connectivity index (χ0v) is 28.9. The summed E-state index contributed by atoms with van der Waals surface area (Å²) in [5, 5.41) is 14.2. The zero-order chi connectivity index (χ0) is 34.8. The summed E-state index contributed by atoms with van der Waals surface area (Å²) in [5.74, 6) is 1.68. The fraction of sp³-hybridized carbons (Fsp3) is 0.412. The molecule has 0 radical (unpaired) electrons. The Kier molecular flexibility index (Phi) is 12.2. The SMILES string of the molecule is C#CCN(Cc1cc2c(=O)[nH]c(C)nc2cc1C)c1ccc(C(=O)NCCCC(=O)NCCc2cn(CCC[Si](C)(C)O)nn2)c(F)c1. The third-order valence-corrected chi connectivity index (χ3v) is 9.40. The second-order valence-corrected chi connectivity index (χ2v) is 16.6. The highest BCUT2D eigenvalue weighted by atomic mass is 28.4. The maximum Gasteiger partial charge on any atom is 0.258 e. The van der Waals surface area contributed by atoms with Crippen LogP contribution in [-0.2, 0) is 24.3 Å². The lowest BCUT2D eigenvalue weighted by atomic mass is 10.0. The average molecular weight is 675 g/mol. The zero-order valence-electron chi connectivity index (χ0n) is 27.9. The predicted molar refractivity (Wildman–Crippen MR) is 186 cm³/mol. The van der Waals surface area contributed by atoms with Gasteiger partial charge in [0.25, 0.3) is 11.5 Å². The number of nitrogens with zero attached hydrogens (tertiary/aromatic N) is 5. The number of halogens is 1. The molecule has 0 atom stereocenters. The van der Waals surface area contributed by atoms with E-state index < -0.39 is 20.0 Å². The smallest absolute Gasteiger partial charge is 0.258 e. The monoisotopic (exact) mass is 674 g/mol. The number of aromatic nitrogens is 5. The second-order valence-electron chi connectivity index (χ2n) is 12.5. The minimum Gasteiger partial charge on any atom is -0.432 e. The Balaban J connectivity index is 1.23. The molecule has 0 unspecified atom stereocenters. The van der Waals surface area contributed by atoms with Crippen LogP contribution in [0.3, 0.4) is 0 Å². The Morgan fingerprint density at radius 2 is 1.94 bits per heavy atom. The van der Waals surface area contributed by atoms with Crippen molar-refractivity contribution in [1.82, 2.24) is 35.6 Å². The summed E-state index contributed by atoms with van der Waals surface area (Å²) < 4.78 is 16.9. The van der Waals surface area contributed by atoms with Crippen molar-refractivity contribution in [2.24, 2.45) is 0 Å². The van der Waals surface area contributed by atoms with Crippen molar-refractivity contribution in [3.8, 4) is 12.3 Å². The van der Waals surface area contributed by atoms with E-state index in [1.54, 1.807) is 28.6 Å². The number of hydrogen-bond acceptors (Lipinski definition) is 8. The fourth-order valence-corrected chi connectivity index (χ4v) is 6.29. The highest BCUT2D eigenvalue weighted by molar-refractivity contribution is 6.69. The molecule has 4 rings (SSSR count). The summed E-state index contributed by atoms with van der Waals surface area (Å²) in [6.45, 7) is 9.25. The number of rotatable bonds is 16. The lowest BCUT2D eigenvalue weighted by Gasteiger charge is -2.24. The Hall–Kier alpha value is -4.87. The van der Waals surface area contributed by atoms with Crippen molar-refractivity contribution in [2.45, 2.75) is 71.8 Å². The highest BCUT2D eigenvalue weighted by Gasteiger charge is 2.18. The minimum absolute atomic E-state index is 0.117. The first-order chi connectivity index (χ1) is 22.8. The van der Waals surface area contributed by atoms with Crippen LogP contribution in [0.2, 0.25) is 19.1 Å². The highest BCUT2D eigenvalue weighted by Crippen LogP contribution is 2.24. The standard InChI is InChI=1S/C34H43FN8O4Si/c1-6-15-42(21-25-19-29-31(18-23(25)2)38-24(3)39-34(29)46)27-10-11-28(30(35)20-27)33(45)37-13-7-9-32(44)36-14-12-26-22-43(41-40-26)16-8-17-48(4,5)47/h1,10-11,18-20,22,47H,7-9,12-17,21H2,2-5H3,(H,36,44)(H,37,45)(H,38,39,46). The molecule has 0 aliphatic carbocycles. The van der Waals surface area contributed by atoms with Crippen LogP contribution in [0.4, 0.5) is 10.1 Å². The van der Waals surface area contributed by atoms with Gasteiger partial charge < -0.3 is 25.3 Å². The first kappa shape index (κ1) is 36.0. The Morgan fingerprint density at radius 1 is 1.15 bits per heavy atom. The van der Waals surface area contributed by atoms with Crippen molar-refractivity contribution in [1.29, 1.82) is 0 Å². The molecule has 0 saturated heterocycles. The van der Waals surface area contributed by atoms with E-state index in [1.807, 2.05) is 32.3 Å². The summed E-state index contributed by atoms with van der Waals surface area (Å²) in [6, 6.07) is 8.72. The number of terminal acetylenes is 1. The molecule has 2 heterocycles. The van der Waals surface area contributed by atoms with Crippen LogP contribution in [0.5, 0.6) is 0 Å². The summed E-state index contributed by atoms with van der Waals surface area (Å²) in [6.07, 6.45) is 9.43. The molecule has 0 fully saturated rings. The van der Waals surface area contributed by atoms with Crippen LogP contribution >= 0.6 is 0 Å². The number of carbonyl (C=O) groups is 2. The van der Waals surface area contributed by atoms with Gasteiger partial charge in [-0.3, -0.25) is 19.1 Å². The number of benzene rings is 2. The van der Waals surface area contributed by atoms with Crippen LogP contribution in [0, 0.1) is 32.0 Å². The minimum atomic E-state index is -2.07. The number of carbonyl (C=O) groups excluding carboxylic acids is 2. The lowest BCUT2D eigenvalue weighted by molar-refractivity contribution is -0.121. The van der Waals surface area contributed by atoms with E-state index in [1.165, 1.54) is 12.1 Å². The van der Waals surface area contributed by atoms with Crippen molar-refractivity contribution in [3.05, 3.63) is 80.9 Å². The van der Waals surface area contributed by atoms with Crippen LogP contribution < -0.4 is 21.1 Å². The number of aromatic amines is 1. The Labute approximate surface area is 280 Å². The molecule has 0 saturated carbocycles. The number of amides is 2. The number of H-pyrrole nitrogens is 1. The quantitative estimate of drug-likeness (QED) is 0.0801. The predicted octanol–water partition coefficient (Wildman–Crippen LogP) is 3.37. The molecule has 0 bridgehead atoms. The average Bonchev–Trinajstić information content (AvgIpc) is 3.46. The Bertz CT molecular complexity index is 1860. The molecular formula is C34H43FN8O4Si. The molecule has 254 valence electrons. The van der Waals surface area contributed by atoms with Crippen LogP contribution in [0.1, 0.15) is 52.3 Å². The van der Waals surface area contributed by atoms with Gasteiger partial charge in [-0.2, -0.15) is 0 Å². The van der Waals surface area contributed by atoms with E-state index in [2.05, 4.69) is 36.8 Å². The van der Waals surface area contributed by atoms with E-state index >= 15 is 4.39 Å². The van der Waals surface area contributed by atoms with Gasteiger partial charge in [-0.1, -0.05) is 11.1 Å². The van der Waals surface area contributed by atoms with E-state index in [0.29, 0.717) is 54.9 Å². The molecule has 0 spiro atoms. The molecule has 4 N–H and O–H groups in total. The maximum absolute atomic E-state index is 15.2. The number of hydrogen-bond donors (Lipinski definition) is 4. The van der Waals surface area contributed by atoms with Gasteiger partial charge >= 0.3 is 0 Å². The molecule has 0 aliphatic heterocycles. The molecule has 2 aromatic heterocycles. The van der Waals surface area contributed by atoms with Crippen molar-refractivity contribution < 1.29 is 18.8 Å². The summed E-state index contributed by atoms with van der Waals surface area (Å²) >= 11 is 0. The van der Waals surface area contributed by atoms with Crippen LogP contribution in [0.25, 0.3) is 10.9 Å². The van der Waals surface area contributed by atoms with Gasteiger partial charge in [0.1, 0.15) is 11.6 Å². The first-order valence-corrected chi connectivity index (χ1v) is 19.1. The molecule has 2 amide bonds. The van der Waals surface area contributed by atoms with E-state index in [-0.39, 0.29) is 36.5 Å². The molecule has 12 nitrogen and oxygen atoms in total. The van der Waals surface area contributed by atoms with Crippen molar-refractivity contribution in [2.75, 3.05) is 24.5 Å². The van der Waals surface area contributed by atoms with Gasteiger partial charge in [0.05, 0.1) is 28.7 Å². The molecule has 4 aromatic rings. The van der Waals surface area contributed by atoms with E-state index in [0.717, 1.165) is 29.3 Å². The number of anilines is 1. The van der Waals surface area contributed by atoms with E-state index in [9.17, 15) is 19.2 Å². The normalized spacial score (nSPS) is 11.4. The van der Waals surface area contributed by atoms with Crippen LogP contribution in [0.15, 0.2) is 41.3 Å². The lowest BCUT2D eigenvalue weighted by Crippen LogP contribution is -2.29. The molecule has 0 aliphatic rings. The fourth-order valence-electron chi connectivity index (χ4n) is 5.26. The van der Waals surface area contributed by atoms with Gasteiger partial charge in [-0.15, -0.1) is 11.5 Å². The number of fused-ring (bicyclic) bond motifs is 1. The third-order valence-electron chi connectivity index (χ3n) is 7.82. The topological polar surface area (TPSA) is 158 Å². The number of aryl methyl sites for hydroxylation is 3. The molecule has 48 heavy (non-hydrogen) atoms. The summed E-state index contributed by atoms with van der Waals surface area (Å²) in [7, 11) is -2.07. The third kappa shape index (κ3) is 10.3. The summed E-state index contributed by atoms with van der Waals surface area (Å²) in [5.41, 5.74) is 3.25. The molecular weight excluding hydrogens is 632 g/mol.